The molecule has 0 saturated carbocycles. The van der Waals surface area contributed by atoms with E-state index in [9.17, 15) is 8.42 Å². The molecule has 1 fully saturated rings. The summed E-state index contributed by atoms with van der Waals surface area (Å²) in [5, 5.41) is 3.41. The first-order valence-corrected chi connectivity index (χ1v) is 8.96. The number of rotatable bonds is 6. The molecule has 20 heavy (non-hydrogen) atoms. The van der Waals surface area contributed by atoms with Crippen LogP contribution >= 0.6 is 0 Å². The molecule has 0 spiro atoms. The van der Waals surface area contributed by atoms with Gasteiger partial charge in [-0.1, -0.05) is 6.07 Å². The SMILES string of the molecule is CS(=O)(=O)N1CCCC(CNCCc2ccccn2)C1. The van der Waals surface area contributed by atoms with Gasteiger partial charge in [-0.25, -0.2) is 12.7 Å². The van der Waals surface area contributed by atoms with Crippen LogP contribution in [0.2, 0.25) is 0 Å². The Balaban J connectivity index is 1.69. The predicted molar refractivity (Wildman–Crippen MR) is 80.0 cm³/mol. The van der Waals surface area contributed by atoms with E-state index in [1.54, 1.807) is 10.5 Å². The van der Waals surface area contributed by atoms with Crippen LogP contribution in [0, 0.1) is 5.92 Å². The molecule has 1 atom stereocenters. The first-order chi connectivity index (χ1) is 9.55. The summed E-state index contributed by atoms with van der Waals surface area (Å²) in [7, 11) is -3.04. The second-order valence-electron chi connectivity index (χ2n) is 5.40. The van der Waals surface area contributed by atoms with E-state index in [2.05, 4.69) is 10.3 Å². The molecular weight excluding hydrogens is 274 g/mol. The molecule has 1 N–H and O–H groups in total. The van der Waals surface area contributed by atoms with E-state index < -0.39 is 10.0 Å². The fourth-order valence-electron chi connectivity index (χ4n) is 2.56. The molecule has 5 nitrogen and oxygen atoms in total. The summed E-state index contributed by atoms with van der Waals surface area (Å²) < 4.78 is 24.7. The first-order valence-electron chi connectivity index (χ1n) is 7.11. The van der Waals surface area contributed by atoms with Gasteiger partial charge in [0.1, 0.15) is 0 Å². The molecule has 0 radical (unpaired) electrons. The molecule has 0 amide bonds. The molecule has 0 bridgehead atoms. The van der Waals surface area contributed by atoms with Crippen molar-refractivity contribution in [3.05, 3.63) is 30.1 Å². The molecule has 1 aromatic heterocycles. The van der Waals surface area contributed by atoms with Crippen molar-refractivity contribution in [3.63, 3.8) is 0 Å². The van der Waals surface area contributed by atoms with Crippen molar-refractivity contribution in [3.8, 4) is 0 Å². The zero-order valence-electron chi connectivity index (χ0n) is 12.0. The lowest BCUT2D eigenvalue weighted by Gasteiger charge is -2.31. The van der Waals surface area contributed by atoms with Gasteiger partial charge in [0.25, 0.3) is 0 Å². The monoisotopic (exact) mass is 297 g/mol. The summed E-state index contributed by atoms with van der Waals surface area (Å²) in [5.41, 5.74) is 1.08. The summed E-state index contributed by atoms with van der Waals surface area (Å²) >= 11 is 0. The van der Waals surface area contributed by atoms with E-state index in [0.717, 1.165) is 38.0 Å². The molecule has 2 rings (SSSR count). The zero-order chi connectivity index (χ0) is 14.4. The highest BCUT2D eigenvalue weighted by Crippen LogP contribution is 2.17. The number of nitrogens with zero attached hydrogens (tertiary/aromatic N) is 2. The maximum atomic E-state index is 11.5. The molecule has 1 saturated heterocycles. The lowest BCUT2D eigenvalue weighted by molar-refractivity contribution is 0.262. The Kier molecular flexibility index (Phi) is 5.51. The van der Waals surface area contributed by atoms with Gasteiger partial charge in [-0.3, -0.25) is 4.98 Å². The Morgan fingerprint density at radius 1 is 1.45 bits per heavy atom. The molecule has 1 unspecified atom stereocenters. The van der Waals surface area contributed by atoms with Gasteiger partial charge in [0.05, 0.1) is 6.26 Å². The van der Waals surface area contributed by atoms with Crippen LogP contribution in [0.4, 0.5) is 0 Å². The summed E-state index contributed by atoms with van der Waals surface area (Å²) in [6.45, 7) is 3.07. The van der Waals surface area contributed by atoms with E-state index in [0.29, 0.717) is 19.0 Å². The van der Waals surface area contributed by atoms with Gasteiger partial charge in [-0.15, -0.1) is 0 Å². The maximum absolute atomic E-state index is 11.5. The van der Waals surface area contributed by atoms with Crippen LogP contribution in [0.25, 0.3) is 0 Å². The van der Waals surface area contributed by atoms with Gasteiger partial charge < -0.3 is 5.32 Å². The van der Waals surface area contributed by atoms with E-state index >= 15 is 0 Å². The van der Waals surface area contributed by atoms with E-state index in [1.165, 1.54) is 6.26 Å². The van der Waals surface area contributed by atoms with Crippen LogP contribution in [0.1, 0.15) is 18.5 Å². The highest BCUT2D eigenvalue weighted by molar-refractivity contribution is 7.88. The molecule has 0 aliphatic carbocycles. The fourth-order valence-corrected chi connectivity index (χ4v) is 3.51. The highest BCUT2D eigenvalue weighted by atomic mass is 32.2. The Morgan fingerprint density at radius 2 is 2.30 bits per heavy atom. The second kappa shape index (κ2) is 7.15. The quantitative estimate of drug-likeness (QED) is 0.792. The third-order valence-electron chi connectivity index (χ3n) is 3.67. The summed E-state index contributed by atoms with van der Waals surface area (Å²) in [4.78, 5) is 4.28. The zero-order valence-corrected chi connectivity index (χ0v) is 12.8. The summed E-state index contributed by atoms with van der Waals surface area (Å²) in [6, 6.07) is 5.93. The van der Waals surface area contributed by atoms with Crippen LogP contribution in [-0.2, 0) is 16.4 Å². The molecule has 2 heterocycles. The molecule has 1 aromatic rings. The minimum absolute atomic E-state index is 0.419. The Bertz CT molecular complexity index is 504. The molecule has 112 valence electrons. The standard InChI is InChI=1S/C14H23N3O2S/c1-20(18,19)17-10-4-5-13(12-17)11-15-9-7-14-6-2-3-8-16-14/h2-3,6,8,13,15H,4-5,7,9-12H2,1H3. The minimum Gasteiger partial charge on any atom is -0.316 e. The normalized spacial score (nSPS) is 20.9. The smallest absolute Gasteiger partial charge is 0.211 e. The number of hydrogen-bond acceptors (Lipinski definition) is 4. The van der Waals surface area contributed by atoms with Gasteiger partial charge in [-0.05, 0) is 37.4 Å². The minimum atomic E-state index is -3.04. The molecule has 1 aliphatic rings. The second-order valence-corrected chi connectivity index (χ2v) is 7.39. The fraction of sp³-hybridized carbons (Fsp3) is 0.643. The number of piperidine rings is 1. The van der Waals surface area contributed by atoms with Crippen LogP contribution in [0.5, 0.6) is 0 Å². The summed E-state index contributed by atoms with van der Waals surface area (Å²) in [5.74, 6) is 0.419. The average molecular weight is 297 g/mol. The lowest BCUT2D eigenvalue weighted by Crippen LogP contribution is -2.42. The first kappa shape index (κ1) is 15.4. The van der Waals surface area contributed by atoms with Gasteiger partial charge >= 0.3 is 0 Å². The third kappa shape index (κ3) is 4.85. The van der Waals surface area contributed by atoms with Crippen LogP contribution in [-0.4, -0.2) is 50.1 Å². The molecule has 1 aliphatic heterocycles. The van der Waals surface area contributed by atoms with Crippen molar-refractivity contribution in [1.29, 1.82) is 0 Å². The van der Waals surface area contributed by atoms with Crippen molar-refractivity contribution in [1.82, 2.24) is 14.6 Å². The predicted octanol–water partition coefficient (Wildman–Crippen LogP) is 0.885. The van der Waals surface area contributed by atoms with Crippen molar-refractivity contribution < 1.29 is 8.42 Å². The number of sulfonamides is 1. The van der Waals surface area contributed by atoms with Crippen LogP contribution in [0.15, 0.2) is 24.4 Å². The number of aromatic nitrogens is 1. The van der Waals surface area contributed by atoms with E-state index in [4.69, 9.17) is 0 Å². The van der Waals surface area contributed by atoms with E-state index in [-0.39, 0.29) is 0 Å². The van der Waals surface area contributed by atoms with Crippen molar-refractivity contribution in [2.75, 3.05) is 32.4 Å². The van der Waals surface area contributed by atoms with Gasteiger partial charge in [0.2, 0.25) is 10.0 Å². The lowest BCUT2D eigenvalue weighted by atomic mass is 10.00. The van der Waals surface area contributed by atoms with E-state index in [1.807, 2.05) is 18.2 Å². The maximum Gasteiger partial charge on any atom is 0.211 e. The number of nitrogens with one attached hydrogen (secondary N) is 1. The largest absolute Gasteiger partial charge is 0.316 e. The van der Waals surface area contributed by atoms with Gasteiger partial charge in [0.15, 0.2) is 0 Å². The Morgan fingerprint density at radius 3 is 3.00 bits per heavy atom. The van der Waals surface area contributed by atoms with Crippen LogP contribution < -0.4 is 5.32 Å². The topological polar surface area (TPSA) is 62.3 Å². The summed E-state index contributed by atoms with van der Waals surface area (Å²) in [6.07, 6.45) is 6.07. The molecule has 6 heteroatoms. The Labute approximate surface area is 121 Å². The van der Waals surface area contributed by atoms with Crippen molar-refractivity contribution in [2.24, 2.45) is 5.92 Å². The molecule has 0 aromatic carbocycles. The van der Waals surface area contributed by atoms with Gasteiger partial charge in [0, 0.05) is 37.9 Å². The molecular formula is C14H23N3O2S. The number of hydrogen-bond donors (Lipinski definition) is 1. The van der Waals surface area contributed by atoms with Crippen molar-refractivity contribution >= 4 is 10.0 Å². The van der Waals surface area contributed by atoms with Crippen LogP contribution in [0.3, 0.4) is 0 Å². The number of pyridine rings is 1. The average Bonchev–Trinajstić information content (AvgIpc) is 2.44. The highest BCUT2D eigenvalue weighted by Gasteiger charge is 2.25. The third-order valence-corrected chi connectivity index (χ3v) is 4.94. The van der Waals surface area contributed by atoms with Crippen molar-refractivity contribution in [2.45, 2.75) is 19.3 Å². The van der Waals surface area contributed by atoms with Gasteiger partial charge in [-0.2, -0.15) is 0 Å². The Hall–Kier alpha value is -0.980.